The van der Waals surface area contributed by atoms with Crippen molar-refractivity contribution in [1.82, 2.24) is 0 Å². The largest absolute Gasteiger partial charge is 4.00 e. The molecule has 0 aliphatic heterocycles. The molecule has 0 bridgehead atoms. The van der Waals surface area contributed by atoms with Crippen LogP contribution in [0.4, 0.5) is 0 Å². The number of hydrogen-bond donors (Lipinski definition) is 0. The molecule has 0 heterocycles. The summed E-state index contributed by atoms with van der Waals surface area (Å²) in [6.45, 7) is 20.2. The monoisotopic (exact) mass is 718 g/mol. The fourth-order valence-corrected chi connectivity index (χ4v) is 3.55. The molecule has 12 nitrogen and oxygen atoms in total. The molecular weight excluding hydrogens is 668 g/mol. The van der Waals surface area contributed by atoms with Gasteiger partial charge in [-0.15, -0.1) is 0 Å². The van der Waals surface area contributed by atoms with Crippen molar-refractivity contribution in [2.75, 3.05) is 0 Å². The van der Waals surface area contributed by atoms with E-state index in [1.54, 1.807) is 83.1 Å². The van der Waals surface area contributed by atoms with E-state index in [2.05, 4.69) is 0 Å². The number of ketones is 4. The van der Waals surface area contributed by atoms with Crippen LogP contribution in [-0.4, -0.2) is 47.0 Å². The molecular formula is C32H52O12Zr. The summed E-state index contributed by atoms with van der Waals surface area (Å²) in [5.74, 6) is -10.6. The molecule has 0 aliphatic carbocycles. The predicted molar refractivity (Wildman–Crippen MR) is 155 cm³/mol. The molecule has 0 aromatic rings. The summed E-state index contributed by atoms with van der Waals surface area (Å²) < 4.78 is 0. The van der Waals surface area contributed by atoms with Gasteiger partial charge in [-0.2, -0.15) is 0 Å². The Kier molecular flexibility index (Phi) is 32.0. The molecule has 0 amide bonds. The predicted octanol–water partition coefficient (Wildman–Crippen LogP) is -0.0521. The first-order valence-electron chi connectivity index (χ1n) is 15.0. The molecule has 4 unspecified atom stereocenters. The maximum atomic E-state index is 11.1. The van der Waals surface area contributed by atoms with E-state index >= 15 is 0 Å². The second kappa shape index (κ2) is 27.7. The van der Waals surface area contributed by atoms with E-state index in [9.17, 15) is 58.8 Å². The molecule has 0 spiro atoms. The molecule has 0 N–H and O–H groups in total. The molecule has 0 aromatic carbocycles. The third-order valence-corrected chi connectivity index (χ3v) is 6.42. The number of aliphatic carboxylic acids is 4. The van der Waals surface area contributed by atoms with Gasteiger partial charge in [0.2, 0.25) is 0 Å². The number of hydrogen-bond acceptors (Lipinski definition) is 12. The smallest absolute Gasteiger partial charge is 0.549 e. The van der Waals surface area contributed by atoms with Crippen molar-refractivity contribution in [3.05, 3.63) is 0 Å². The van der Waals surface area contributed by atoms with Gasteiger partial charge in [0.15, 0.2) is 0 Å². The Labute approximate surface area is 287 Å². The van der Waals surface area contributed by atoms with E-state index in [1.807, 2.05) is 0 Å². The number of carbonyl (C=O) groups excluding carboxylic acids is 8. The van der Waals surface area contributed by atoms with Gasteiger partial charge in [0.05, 0.1) is 47.5 Å². The summed E-state index contributed by atoms with van der Waals surface area (Å²) in [6, 6.07) is 0. The van der Waals surface area contributed by atoms with Crippen molar-refractivity contribution in [1.29, 1.82) is 0 Å². The topological polar surface area (TPSA) is 229 Å². The van der Waals surface area contributed by atoms with Crippen LogP contribution >= 0.6 is 0 Å². The van der Waals surface area contributed by atoms with Gasteiger partial charge in [-0.1, -0.05) is 83.1 Å². The Balaban J connectivity index is -0.000000157. The van der Waals surface area contributed by atoms with Crippen LogP contribution in [0.15, 0.2) is 0 Å². The molecule has 0 rings (SSSR count). The number of rotatable bonds is 16. The Bertz CT molecular complexity index is 802. The molecule has 13 heteroatoms. The molecule has 45 heavy (non-hydrogen) atoms. The number of carboxylic acids is 4. The molecule has 0 aliphatic rings. The molecule has 0 saturated heterocycles. The van der Waals surface area contributed by atoms with Crippen LogP contribution in [0.2, 0.25) is 0 Å². The van der Waals surface area contributed by atoms with Crippen LogP contribution in [0, 0.1) is 47.3 Å². The minimum absolute atomic E-state index is 0. The number of carbonyl (C=O) groups is 8. The Morgan fingerprint density at radius 1 is 0.356 bits per heavy atom. The van der Waals surface area contributed by atoms with Crippen molar-refractivity contribution in [3.63, 3.8) is 0 Å². The summed E-state index contributed by atoms with van der Waals surface area (Å²) in [7, 11) is 0. The van der Waals surface area contributed by atoms with E-state index in [1.165, 1.54) is 0 Å². The van der Waals surface area contributed by atoms with E-state index < -0.39 is 47.5 Å². The molecule has 0 radical (unpaired) electrons. The molecule has 0 fully saturated rings. The van der Waals surface area contributed by atoms with E-state index in [0.717, 1.165) is 0 Å². The van der Waals surface area contributed by atoms with Gasteiger partial charge in [-0.25, -0.2) is 0 Å². The summed E-state index contributed by atoms with van der Waals surface area (Å²) in [4.78, 5) is 85.8. The van der Waals surface area contributed by atoms with Crippen molar-refractivity contribution >= 4 is 47.0 Å². The first kappa shape index (κ1) is 52.0. The van der Waals surface area contributed by atoms with E-state index in [0.29, 0.717) is 25.7 Å². The van der Waals surface area contributed by atoms with Gasteiger partial charge in [0.1, 0.15) is 23.1 Å². The Morgan fingerprint density at radius 2 is 0.467 bits per heavy atom. The van der Waals surface area contributed by atoms with Crippen molar-refractivity contribution in [2.24, 2.45) is 47.3 Å². The first-order chi connectivity index (χ1) is 20.0. The Hall–Kier alpha value is -2.56. The normalized spacial score (nSPS) is 12.8. The minimum Gasteiger partial charge on any atom is -0.549 e. The minimum atomic E-state index is -1.26. The summed E-state index contributed by atoms with van der Waals surface area (Å²) >= 11 is 0. The second-order valence-electron chi connectivity index (χ2n) is 11.3. The van der Waals surface area contributed by atoms with Crippen LogP contribution in [0.25, 0.3) is 0 Å². The zero-order chi connectivity index (χ0) is 36.1. The summed E-state index contributed by atoms with van der Waals surface area (Å²) in [6.07, 6.45) is 1.28. The van der Waals surface area contributed by atoms with Crippen LogP contribution in [0.1, 0.15) is 109 Å². The van der Waals surface area contributed by atoms with Crippen molar-refractivity contribution in [3.8, 4) is 0 Å². The van der Waals surface area contributed by atoms with Crippen molar-refractivity contribution in [2.45, 2.75) is 109 Å². The summed E-state index contributed by atoms with van der Waals surface area (Å²) in [5, 5.41) is 41.4. The average Bonchev–Trinajstić information content (AvgIpc) is 2.90. The molecule has 0 saturated carbocycles. The van der Waals surface area contributed by atoms with Crippen LogP contribution < -0.4 is 20.4 Å². The fourth-order valence-electron chi connectivity index (χ4n) is 3.55. The van der Waals surface area contributed by atoms with Gasteiger partial charge in [-0.05, 0) is 25.7 Å². The number of Topliss-reactive ketones (excluding diaryl/α,β-unsaturated/α-hetero) is 4. The number of carboxylic acid groups (broad SMARTS) is 4. The first-order valence-corrected chi connectivity index (χ1v) is 15.0. The standard InChI is InChI=1S/4C8H14O3.Zr/c4*1-4-6(8(10)11)7(9)5(2)3;/h4*5-6H,4H2,1-3H3,(H,10,11);/q;;;;+4/p-4. The Morgan fingerprint density at radius 3 is 0.489 bits per heavy atom. The van der Waals surface area contributed by atoms with Gasteiger partial charge in [-0.3, -0.25) is 19.2 Å². The van der Waals surface area contributed by atoms with Crippen molar-refractivity contribution < 1.29 is 85.0 Å². The van der Waals surface area contributed by atoms with Gasteiger partial charge >= 0.3 is 26.2 Å². The third-order valence-electron chi connectivity index (χ3n) is 6.42. The molecule has 4 atom stereocenters. The van der Waals surface area contributed by atoms with Gasteiger partial charge < -0.3 is 39.6 Å². The quantitative estimate of drug-likeness (QED) is 0.191. The van der Waals surface area contributed by atoms with E-state index in [4.69, 9.17) is 0 Å². The van der Waals surface area contributed by atoms with Gasteiger partial charge in [0.25, 0.3) is 0 Å². The van der Waals surface area contributed by atoms with Gasteiger partial charge in [0, 0.05) is 23.7 Å². The molecule has 0 aromatic heterocycles. The second-order valence-corrected chi connectivity index (χ2v) is 11.3. The fraction of sp³-hybridized carbons (Fsp3) is 0.750. The third kappa shape index (κ3) is 22.6. The maximum Gasteiger partial charge on any atom is 4.00 e. The zero-order valence-corrected chi connectivity index (χ0v) is 31.3. The molecule has 256 valence electrons. The van der Waals surface area contributed by atoms with Crippen LogP contribution in [-0.2, 0) is 64.6 Å². The van der Waals surface area contributed by atoms with E-state index in [-0.39, 0.29) is 73.0 Å². The maximum absolute atomic E-state index is 11.1. The zero-order valence-electron chi connectivity index (χ0n) is 28.8. The average molecular weight is 720 g/mol. The van der Waals surface area contributed by atoms with Crippen LogP contribution in [0.3, 0.4) is 0 Å². The van der Waals surface area contributed by atoms with Crippen LogP contribution in [0.5, 0.6) is 0 Å². The summed E-state index contributed by atoms with van der Waals surface area (Å²) in [5.41, 5.74) is 0. The SMILES string of the molecule is CCC(C(=O)[O-])C(=O)C(C)C.CCC(C(=O)[O-])C(=O)C(C)C.CCC(C(=O)[O-])C(=O)C(C)C.CCC(C(=O)[O-])C(=O)C(C)C.[Zr+4].